The third kappa shape index (κ3) is 1.90. The molecule has 0 aliphatic heterocycles. The maximum absolute atomic E-state index is 6.27. The van der Waals surface area contributed by atoms with Gasteiger partial charge in [0.25, 0.3) is 0 Å². The Morgan fingerprint density at radius 1 is 1.19 bits per heavy atom. The standard InChI is InChI=1S/C13H15ClN2/c1-8-7-15-10-6-5-9(14)11(12(10)16-8)13(2,3)4/h5-7H,1-4H3. The zero-order chi connectivity index (χ0) is 11.9. The first-order valence-corrected chi connectivity index (χ1v) is 5.70. The van der Waals surface area contributed by atoms with E-state index in [2.05, 4.69) is 30.7 Å². The number of rotatable bonds is 0. The topological polar surface area (TPSA) is 25.8 Å². The molecule has 0 aliphatic rings. The van der Waals surface area contributed by atoms with Crippen molar-refractivity contribution in [2.45, 2.75) is 33.1 Å². The fourth-order valence-electron chi connectivity index (χ4n) is 1.85. The minimum Gasteiger partial charge on any atom is -0.253 e. The van der Waals surface area contributed by atoms with Crippen LogP contribution in [0.2, 0.25) is 5.02 Å². The van der Waals surface area contributed by atoms with E-state index in [0.29, 0.717) is 0 Å². The van der Waals surface area contributed by atoms with Crippen LogP contribution in [0, 0.1) is 6.92 Å². The summed E-state index contributed by atoms with van der Waals surface area (Å²) in [4.78, 5) is 8.93. The molecule has 0 fully saturated rings. The average molecular weight is 235 g/mol. The van der Waals surface area contributed by atoms with E-state index >= 15 is 0 Å². The molecule has 0 bridgehead atoms. The van der Waals surface area contributed by atoms with Gasteiger partial charge in [0.2, 0.25) is 0 Å². The van der Waals surface area contributed by atoms with Gasteiger partial charge in [-0.2, -0.15) is 0 Å². The summed E-state index contributed by atoms with van der Waals surface area (Å²) in [6.07, 6.45) is 1.78. The largest absolute Gasteiger partial charge is 0.253 e. The molecule has 2 nitrogen and oxygen atoms in total. The van der Waals surface area contributed by atoms with Gasteiger partial charge in [-0.05, 0) is 24.5 Å². The lowest BCUT2D eigenvalue weighted by molar-refractivity contribution is 0.594. The second-order valence-corrected chi connectivity index (χ2v) is 5.46. The molecule has 1 aromatic carbocycles. The van der Waals surface area contributed by atoms with E-state index in [0.717, 1.165) is 27.3 Å². The SMILES string of the molecule is Cc1cnc2ccc(Cl)c(C(C)(C)C)c2n1. The van der Waals surface area contributed by atoms with E-state index in [1.807, 2.05) is 19.1 Å². The Labute approximate surface area is 101 Å². The van der Waals surface area contributed by atoms with Crippen LogP contribution in [-0.2, 0) is 5.41 Å². The molecule has 1 aromatic heterocycles. The number of halogens is 1. The zero-order valence-corrected chi connectivity index (χ0v) is 10.8. The highest BCUT2D eigenvalue weighted by Gasteiger charge is 2.21. The van der Waals surface area contributed by atoms with Crippen molar-refractivity contribution in [1.82, 2.24) is 9.97 Å². The van der Waals surface area contributed by atoms with E-state index < -0.39 is 0 Å². The van der Waals surface area contributed by atoms with Gasteiger partial charge in [0.15, 0.2) is 0 Å². The monoisotopic (exact) mass is 234 g/mol. The number of fused-ring (bicyclic) bond motifs is 1. The lowest BCUT2D eigenvalue weighted by Gasteiger charge is -2.22. The number of hydrogen-bond acceptors (Lipinski definition) is 2. The highest BCUT2D eigenvalue weighted by molar-refractivity contribution is 6.32. The molecule has 84 valence electrons. The molecule has 0 spiro atoms. The summed E-state index contributed by atoms with van der Waals surface area (Å²) in [7, 11) is 0. The van der Waals surface area contributed by atoms with E-state index in [9.17, 15) is 0 Å². The predicted molar refractivity (Wildman–Crippen MR) is 68.0 cm³/mol. The summed E-state index contributed by atoms with van der Waals surface area (Å²) in [5.74, 6) is 0. The van der Waals surface area contributed by atoms with E-state index in [1.165, 1.54) is 0 Å². The van der Waals surface area contributed by atoms with Crippen molar-refractivity contribution in [3.63, 3.8) is 0 Å². The van der Waals surface area contributed by atoms with Crippen molar-refractivity contribution in [1.29, 1.82) is 0 Å². The van der Waals surface area contributed by atoms with Gasteiger partial charge < -0.3 is 0 Å². The first-order chi connectivity index (χ1) is 7.39. The smallest absolute Gasteiger partial charge is 0.0942 e. The molecule has 0 saturated carbocycles. The van der Waals surface area contributed by atoms with Gasteiger partial charge >= 0.3 is 0 Å². The molecule has 0 radical (unpaired) electrons. The molecule has 2 rings (SSSR count). The second-order valence-electron chi connectivity index (χ2n) is 5.05. The summed E-state index contributed by atoms with van der Waals surface area (Å²) in [6.45, 7) is 8.35. The van der Waals surface area contributed by atoms with Gasteiger partial charge in [0.05, 0.1) is 16.7 Å². The summed E-state index contributed by atoms with van der Waals surface area (Å²) >= 11 is 6.27. The van der Waals surface area contributed by atoms with Crippen LogP contribution in [-0.4, -0.2) is 9.97 Å². The van der Waals surface area contributed by atoms with Gasteiger partial charge in [0, 0.05) is 16.8 Å². The third-order valence-corrected chi connectivity index (χ3v) is 2.85. The Hall–Kier alpha value is -1.15. The van der Waals surface area contributed by atoms with E-state index in [1.54, 1.807) is 6.20 Å². The molecule has 2 aromatic rings. The van der Waals surface area contributed by atoms with Gasteiger partial charge in [-0.25, -0.2) is 4.98 Å². The van der Waals surface area contributed by atoms with Gasteiger partial charge in [-0.3, -0.25) is 4.98 Å². The molecule has 1 heterocycles. The zero-order valence-electron chi connectivity index (χ0n) is 10.0. The quantitative estimate of drug-likeness (QED) is 0.691. The Bertz CT molecular complexity index is 536. The van der Waals surface area contributed by atoms with Crippen molar-refractivity contribution in [3.8, 4) is 0 Å². The summed E-state index contributed by atoms with van der Waals surface area (Å²) < 4.78 is 0. The lowest BCUT2D eigenvalue weighted by atomic mass is 9.86. The maximum Gasteiger partial charge on any atom is 0.0942 e. The molecule has 0 aliphatic carbocycles. The molecular formula is C13H15ClN2. The van der Waals surface area contributed by atoms with Crippen molar-refractivity contribution in [3.05, 3.63) is 34.6 Å². The number of nitrogens with zero attached hydrogens (tertiary/aromatic N) is 2. The van der Waals surface area contributed by atoms with E-state index in [4.69, 9.17) is 11.6 Å². The Kier molecular flexibility index (Phi) is 2.62. The fourth-order valence-corrected chi connectivity index (χ4v) is 2.29. The molecule has 0 N–H and O–H groups in total. The van der Waals surface area contributed by atoms with Crippen LogP contribution in [0.25, 0.3) is 11.0 Å². The normalized spacial score (nSPS) is 12.1. The van der Waals surface area contributed by atoms with Crippen LogP contribution < -0.4 is 0 Å². The van der Waals surface area contributed by atoms with Crippen LogP contribution >= 0.6 is 11.6 Å². The Balaban J connectivity index is 2.88. The van der Waals surface area contributed by atoms with Gasteiger partial charge in [0.1, 0.15) is 0 Å². The van der Waals surface area contributed by atoms with Crippen molar-refractivity contribution in [2.24, 2.45) is 0 Å². The highest BCUT2D eigenvalue weighted by Crippen LogP contribution is 2.34. The molecule has 0 amide bonds. The molecule has 0 unspecified atom stereocenters. The van der Waals surface area contributed by atoms with Gasteiger partial charge in [-0.15, -0.1) is 0 Å². The highest BCUT2D eigenvalue weighted by atomic mass is 35.5. The summed E-state index contributed by atoms with van der Waals surface area (Å²) in [5, 5.41) is 0.764. The minimum atomic E-state index is -0.0287. The van der Waals surface area contributed by atoms with Crippen molar-refractivity contribution < 1.29 is 0 Å². The molecule has 0 atom stereocenters. The predicted octanol–water partition coefficient (Wildman–Crippen LogP) is 3.89. The number of aromatic nitrogens is 2. The summed E-state index contributed by atoms with van der Waals surface area (Å²) in [5.41, 5.74) is 3.78. The van der Waals surface area contributed by atoms with Crippen LogP contribution in [0.15, 0.2) is 18.3 Å². The van der Waals surface area contributed by atoms with Gasteiger partial charge in [-0.1, -0.05) is 32.4 Å². The van der Waals surface area contributed by atoms with Crippen LogP contribution in [0.3, 0.4) is 0 Å². The number of hydrogen-bond donors (Lipinski definition) is 0. The number of benzene rings is 1. The van der Waals surface area contributed by atoms with E-state index in [-0.39, 0.29) is 5.41 Å². The van der Waals surface area contributed by atoms with Crippen molar-refractivity contribution in [2.75, 3.05) is 0 Å². The van der Waals surface area contributed by atoms with Crippen LogP contribution in [0.5, 0.6) is 0 Å². The maximum atomic E-state index is 6.27. The van der Waals surface area contributed by atoms with Crippen molar-refractivity contribution >= 4 is 22.6 Å². The third-order valence-electron chi connectivity index (χ3n) is 2.53. The summed E-state index contributed by atoms with van der Waals surface area (Å²) in [6, 6.07) is 3.81. The second kappa shape index (κ2) is 3.70. The molecular weight excluding hydrogens is 220 g/mol. The Morgan fingerprint density at radius 2 is 1.88 bits per heavy atom. The first-order valence-electron chi connectivity index (χ1n) is 5.32. The number of aryl methyl sites for hydroxylation is 1. The lowest BCUT2D eigenvalue weighted by Crippen LogP contribution is -2.13. The minimum absolute atomic E-state index is 0.0287. The molecule has 3 heteroatoms. The molecule has 0 saturated heterocycles. The Morgan fingerprint density at radius 3 is 2.50 bits per heavy atom. The van der Waals surface area contributed by atoms with Crippen LogP contribution in [0.4, 0.5) is 0 Å². The fraction of sp³-hybridized carbons (Fsp3) is 0.385. The molecule has 16 heavy (non-hydrogen) atoms. The average Bonchev–Trinajstić information content (AvgIpc) is 2.14. The first kappa shape index (κ1) is 11.3. The van der Waals surface area contributed by atoms with Crippen LogP contribution in [0.1, 0.15) is 32.0 Å².